The lowest BCUT2D eigenvalue weighted by molar-refractivity contribution is -0.133. The second-order valence-electron chi connectivity index (χ2n) is 7.70. The van der Waals surface area contributed by atoms with Crippen LogP contribution in [0.2, 0.25) is 0 Å². The van der Waals surface area contributed by atoms with Gasteiger partial charge in [0.05, 0.1) is 5.52 Å². The van der Waals surface area contributed by atoms with Crippen LogP contribution in [0.15, 0.2) is 75.7 Å². The number of fused-ring (bicyclic) bond motifs is 1. The van der Waals surface area contributed by atoms with Crippen LogP contribution >= 0.6 is 31.9 Å². The lowest BCUT2D eigenvalue weighted by Gasteiger charge is -2.13. The highest BCUT2D eigenvalue weighted by Gasteiger charge is 2.21. The van der Waals surface area contributed by atoms with E-state index in [-0.39, 0.29) is 5.69 Å². The van der Waals surface area contributed by atoms with Crippen LogP contribution in [0.3, 0.4) is 0 Å². The third-order valence-corrected chi connectivity index (χ3v) is 6.61. The summed E-state index contributed by atoms with van der Waals surface area (Å²) in [6.45, 7) is 3.75. The minimum absolute atomic E-state index is 0.172. The molecule has 0 radical (unpaired) electrons. The monoisotopic (exact) mass is 582 g/mol. The molecular formula is C25H20Br2N4O3. The molecular weight excluding hydrogens is 564 g/mol. The first-order valence-electron chi connectivity index (χ1n) is 10.3. The van der Waals surface area contributed by atoms with Gasteiger partial charge in [0, 0.05) is 25.7 Å². The first-order valence-corrected chi connectivity index (χ1v) is 11.9. The zero-order valence-electron chi connectivity index (χ0n) is 18.3. The first-order chi connectivity index (χ1) is 16.2. The Morgan fingerprint density at radius 2 is 1.56 bits per heavy atom. The number of nitrogens with zero attached hydrogens (tertiary/aromatic N) is 1. The normalized spacial score (nSPS) is 10.7. The van der Waals surface area contributed by atoms with E-state index in [1.54, 1.807) is 36.4 Å². The summed E-state index contributed by atoms with van der Waals surface area (Å²) in [5.41, 5.74) is 6.22. The zero-order chi connectivity index (χ0) is 24.4. The molecule has 4 aromatic rings. The maximum atomic E-state index is 13.2. The van der Waals surface area contributed by atoms with Crippen molar-refractivity contribution >= 4 is 71.9 Å². The molecule has 3 N–H and O–H groups in total. The van der Waals surface area contributed by atoms with Gasteiger partial charge < -0.3 is 10.6 Å². The Morgan fingerprint density at radius 1 is 0.794 bits per heavy atom. The number of hydrogen-bond donors (Lipinski definition) is 3. The van der Waals surface area contributed by atoms with Gasteiger partial charge in [-0.3, -0.25) is 19.8 Å². The molecule has 0 saturated heterocycles. The van der Waals surface area contributed by atoms with Crippen LogP contribution in [0.4, 0.5) is 11.4 Å². The maximum Gasteiger partial charge on any atom is 0.328 e. The van der Waals surface area contributed by atoms with Crippen molar-refractivity contribution in [2.45, 2.75) is 13.8 Å². The minimum atomic E-state index is -0.905. The molecule has 1 heterocycles. The summed E-state index contributed by atoms with van der Waals surface area (Å²) in [5.74, 6) is -2.19. The summed E-state index contributed by atoms with van der Waals surface area (Å²) in [6, 6.07) is 19.6. The Kier molecular flexibility index (Phi) is 6.85. The van der Waals surface area contributed by atoms with Gasteiger partial charge in [-0.05, 0) is 73.5 Å². The number of carbonyl (C=O) groups excluding carboxylic acids is 3. The van der Waals surface area contributed by atoms with E-state index in [0.717, 1.165) is 20.1 Å². The molecule has 0 atom stereocenters. The molecule has 3 amide bonds. The largest absolute Gasteiger partial charge is 0.328 e. The number of para-hydroxylation sites is 1. The van der Waals surface area contributed by atoms with Crippen molar-refractivity contribution in [2.24, 2.45) is 0 Å². The standard InChI is InChI=1S/C25H20Br2N4O3/c1-14-5-3-4-6-20(14)29-24(33)25(34)30-31-21-10-7-17(26)12-16(21)13-22(31)23(32)28-18-8-9-19(27)15(2)11-18/h3-13H,1-2H3,(H,28,32)(H,29,33)(H,30,34). The number of rotatable bonds is 4. The number of benzene rings is 3. The number of aromatic nitrogens is 1. The maximum absolute atomic E-state index is 13.2. The van der Waals surface area contributed by atoms with Gasteiger partial charge >= 0.3 is 11.8 Å². The van der Waals surface area contributed by atoms with Crippen molar-refractivity contribution in [1.29, 1.82) is 0 Å². The molecule has 172 valence electrons. The van der Waals surface area contributed by atoms with Crippen molar-refractivity contribution < 1.29 is 14.4 Å². The summed E-state index contributed by atoms with van der Waals surface area (Å²) < 4.78 is 3.07. The second kappa shape index (κ2) is 9.82. The number of anilines is 2. The van der Waals surface area contributed by atoms with Crippen LogP contribution in [-0.2, 0) is 9.59 Å². The third kappa shape index (κ3) is 5.05. The van der Waals surface area contributed by atoms with Crippen LogP contribution in [0.25, 0.3) is 10.9 Å². The van der Waals surface area contributed by atoms with Gasteiger partial charge in [0.2, 0.25) is 0 Å². The van der Waals surface area contributed by atoms with E-state index in [4.69, 9.17) is 0 Å². The Morgan fingerprint density at radius 3 is 2.29 bits per heavy atom. The number of hydrogen-bond acceptors (Lipinski definition) is 3. The summed E-state index contributed by atoms with van der Waals surface area (Å²) in [4.78, 5) is 38.5. The van der Waals surface area contributed by atoms with Crippen molar-refractivity contribution in [3.05, 3.63) is 92.5 Å². The van der Waals surface area contributed by atoms with E-state index < -0.39 is 17.7 Å². The zero-order valence-corrected chi connectivity index (χ0v) is 21.5. The quantitative estimate of drug-likeness (QED) is 0.267. The minimum Gasteiger partial charge on any atom is -0.321 e. The number of amides is 3. The molecule has 0 aliphatic heterocycles. The summed E-state index contributed by atoms with van der Waals surface area (Å²) in [5, 5.41) is 6.16. The summed E-state index contributed by atoms with van der Waals surface area (Å²) in [7, 11) is 0. The molecule has 34 heavy (non-hydrogen) atoms. The number of halogens is 2. The van der Waals surface area contributed by atoms with Gasteiger partial charge in [-0.1, -0.05) is 50.1 Å². The summed E-state index contributed by atoms with van der Waals surface area (Å²) >= 11 is 6.87. The van der Waals surface area contributed by atoms with E-state index in [2.05, 4.69) is 47.9 Å². The third-order valence-electron chi connectivity index (χ3n) is 5.22. The molecule has 9 heteroatoms. The number of carbonyl (C=O) groups is 3. The van der Waals surface area contributed by atoms with E-state index >= 15 is 0 Å². The lowest BCUT2D eigenvalue weighted by Crippen LogP contribution is -2.36. The lowest BCUT2D eigenvalue weighted by atomic mass is 10.2. The molecule has 0 aliphatic rings. The predicted molar refractivity (Wildman–Crippen MR) is 141 cm³/mol. The van der Waals surface area contributed by atoms with Crippen LogP contribution in [0.1, 0.15) is 21.6 Å². The fourth-order valence-electron chi connectivity index (χ4n) is 3.44. The highest BCUT2D eigenvalue weighted by molar-refractivity contribution is 9.10. The van der Waals surface area contributed by atoms with Gasteiger partial charge in [-0.15, -0.1) is 0 Å². The highest BCUT2D eigenvalue weighted by Crippen LogP contribution is 2.25. The second-order valence-corrected chi connectivity index (χ2v) is 9.47. The van der Waals surface area contributed by atoms with E-state index in [9.17, 15) is 14.4 Å². The van der Waals surface area contributed by atoms with Crippen LogP contribution < -0.4 is 16.1 Å². The Hall–Kier alpha value is -3.43. The van der Waals surface area contributed by atoms with Crippen molar-refractivity contribution in [2.75, 3.05) is 16.1 Å². The van der Waals surface area contributed by atoms with Crippen molar-refractivity contribution in [3.63, 3.8) is 0 Å². The van der Waals surface area contributed by atoms with Crippen molar-refractivity contribution in [3.8, 4) is 0 Å². The molecule has 0 spiro atoms. The fourth-order valence-corrected chi connectivity index (χ4v) is 4.06. The average Bonchev–Trinajstić information content (AvgIpc) is 3.15. The number of nitrogens with one attached hydrogen (secondary N) is 3. The average molecular weight is 584 g/mol. The smallest absolute Gasteiger partial charge is 0.321 e. The van der Waals surface area contributed by atoms with E-state index in [1.165, 1.54) is 4.68 Å². The SMILES string of the molecule is Cc1cc(NC(=O)c2cc3cc(Br)ccc3n2NC(=O)C(=O)Nc2ccccc2C)ccc1Br. The van der Waals surface area contributed by atoms with Gasteiger partial charge in [-0.25, -0.2) is 4.68 Å². The summed E-state index contributed by atoms with van der Waals surface area (Å²) in [6.07, 6.45) is 0. The van der Waals surface area contributed by atoms with E-state index in [0.29, 0.717) is 22.3 Å². The Bertz CT molecular complexity index is 1450. The molecule has 0 saturated carbocycles. The van der Waals surface area contributed by atoms with Crippen LogP contribution in [-0.4, -0.2) is 22.4 Å². The molecule has 1 aromatic heterocycles. The molecule has 3 aromatic carbocycles. The first kappa shape index (κ1) is 23.7. The molecule has 0 bridgehead atoms. The molecule has 0 aliphatic carbocycles. The highest BCUT2D eigenvalue weighted by atomic mass is 79.9. The van der Waals surface area contributed by atoms with E-state index in [1.807, 2.05) is 44.2 Å². The Balaban J connectivity index is 1.64. The van der Waals surface area contributed by atoms with Gasteiger partial charge in [0.1, 0.15) is 5.69 Å². The van der Waals surface area contributed by atoms with Gasteiger partial charge in [-0.2, -0.15) is 0 Å². The molecule has 4 rings (SSSR count). The number of aryl methyl sites for hydroxylation is 2. The molecule has 0 fully saturated rings. The van der Waals surface area contributed by atoms with Gasteiger partial charge in [0.25, 0.3) is 5.91 Å². The van der Waals surface area contributed by atoms with Gasteiger partial charge in [0.15, 0.2) is 0 Å². The molecule has 0 unspecified atom stereocenters. The van der Waals surface area contributed by atoms with Crippen LogP contribution in [0, 0.1) is 13.8 Å². The predicted octanol–water partition coefficient (Wildman–Crippen LogP) is 5.74. The van der Waals surface area contributed by atoms with Crippen LogP contribution in [0.5, 0.6) is 0 Å². The van der Waals surface area contributed by atoms with Crippen molar-refractivity contribution in [1.82, 2.24) is 4.68 Å². The Labute approximate surface area is 212 Å². The topological polar surface area (TPSA) is 92.2 Å². The fraction of sp³-hybridized carbons (Fsp3) is 0.0800. The molecule has 7 nitrogen and oxygen atoms in total.